The van der Waals surface area contributed by atoms with Crippen molar-refractivity contribution in [2.24, 2.45) is 0 Å². The summed E-state index contributed by atoms with van der Waals surface area (Å²) in [6, 6.07) is 1.75. The second-order valence-electron chi connectivity index (χ2n) is 4.02. The summed E-state index contributed by atoms with van der Waals surface area (Å²) >= 11 is 0. The minimum Gasteiger partial charge on any atom is -0.301 e. The van der Waals surface area contributed by atoms with Crippen LogP contribution in [0, 0.1) is 0 Å². The Morgan fingerprint density at radius 2 is 2.07 bits per heavy atom. The molecule has 0 aliphatic carbocycles. The Morgan fingerprint density at radius 1 is 1.27 bits per heavy atom. The van der Waals surface area contributed by atoms with Crippen LogP contribution in [-0.2, 0) is 6.54 Å². The van der Waals surface area contributed by atoms with Crippen LogP contribution in [0.4, 0.5) is 0 Å². The second-order valence-corrected chi connectivity index (χ2v) is 4.02. The number of aromatic nitrogens is 2. The number of hydrogen-bond donors (Lipinski definition) is 0. The molecule has 1 aromatic heterocycles. The summed E-state index contributed by atoms with van der Waals surface area (Å²) in [6.45, 7) is 4.34. The van der Waals surface area contributed by atoms with Crippen molar-refractivity contribution >= 4 is 6.29 Å². The molecular weight excluding hydrogens is 190 g/mol. The predicted molar refractivity (Wildman–Crippen MR) is 57.9 cm³/mol. The Balaban J connectivity index is 1.79. The van der Waals surface area contributed by atoms with Crippen LogP contribution in [0.5, 0.6) is 0 Å². The summed E-state index contributed by atoms with van der Waals surface area (Å²) in [5, 5.41) is 4.14. The van der Waals surface area contributed by atoms with Crippen molar-refractivity contribution in [1.82, 2.24) is 14.7 Å². The summed E-state index contributed by atoms with van der Waals surface area (Å²) < 4.78 is 1.85. The number of nitrogens with zero attached hydrogens (tertiary/aromatic N) is 3. The van der Waals surface area contributed by atoms with Gasteiger partial charge in [-0.25, -0.2) is 0 Å². The molecule has 1 saturated heterocycles. The van der Waals surface area contributed by atoms with E-state index in [9.17, 15) is 4.79 Å². The molecule has 0 bridgehead atoms. The third-order valence-corrected chi connectivity index (χ3v) is 2.88. The van der Waals surface area contributed by atoms with Gasteiger partial charge in [0, 0.05) is 12.7 Å². The summed E-state index contributed by atoms with van der Waals surface area (Å²) in [7, 11) is 0. The number of carbonyl (C=O) groups is 1. The monoisotopic (exact) mass is 207 g/mol. The van der Waals surface area contributed by atoms with Gasteiger partial charge in [-0.3, -0.25) is 9.48 Å². The molecule has 0 saturated carbocycles. The molecule has 0 radical (unpaired) electrons. The summed E-state index contributed by atoms with van der Waals surface area (Å²) in [4.78, 5) is 12.9. The Kier molecular flexibility index (Phi) is 3.50. The number of likely N-dealkylation sites (tertiary alicyclic amines) is 1. The quantitative estimate of drug-likeness (QED) is 0.696. The maximum Gasteiger partial charge on any atom is 0.170 e. The van der Waals surface area contributed by atoms with E-state index in [1.54, 1.807) is 6.07 Å². The lowest BCUT2D eigenvalue weighted by Gasteiger charge is -2.26. The number of carbonyl (C=O) groups excluding carboxylic acids is 1. The lowest BCUT2D eigenvalue weighted by molar-refractivity contribution is 0.111. The summed E-state index contributed by atoms with van der Waals surface area (Å²) in [5.41, 5.74) is 0.522. The molecule has 2 rings (SSSR count). The Bertz CT molecular complexity index is 315. The first-order valence-corrected chi connectivity index (χ1v) is 5.59. The zero-order chi connectivity index (χ0) is 10.5. The van der Waals surface area contributed by atoms with Crippen molar-refractivity contribution in [3.63, 3.8) is 0 Å². The van der Waals surface area contributed by atoms with E-state index in [-0.39, 0.29) is 0 Å². The molecular formula is C11H17N3O. The fourth-order valence-corrected chi connectivity index (χ4v) is 1.99. The molecule has 0 atom stereocenters. The molecule has 0 aromatic carbocycles. The normalized spacial score (nSPS) is 17.9. The smallest absolute Gasteiger partial charge is 0.170 e. The maximum absolute atomic E-state index is 10.4. The fourth-order valence-electron chi connectivity index (χ4n) is 1.99. The zero-order valence-corrected chi connectivity index (χ0v) is 8.93. The highest BCUT2D eigenvalue weighted by atomic mass is 16.1. The van der Waals surface area contributed by atoms with Crippen molar-refractivity contribution in [3.05, 3.63) is 18.0 Å². The van der Waals surface area contributed by atoms with E-state index >= 15 is 0 Å². The van der Waals surface area contributed by atoms with Crippen LogP contribution in [0.2, 0.25) is 0 Å². The summed E-state index contributed by atoms with van der Waals surface area (Å²) in [5.74, 6) is 0. The molecule has 1 aliphatic heterocycles. The molecule has 4 nitrogen and oxygen atoms in total. The van der Waals surface area contributed by atoms with E-state index < -0.39 is 0 Å². The second kappa shape index (κ2) is 5.07. The molecule has 0 unspecified atom stereocenters. The Hall–Kier alpha value is -1.16. The number of aldehydes is 1. The molecule has 2 heterocycles. The Labute approximate surface area is 89.9 Å². The standard InChI is InChI=1S/C11H17N3O/c15-10-11-4-7-14(12-11)9-8-13-5-2-1-3-6-13/h4,7,10H,1-3,5-6,8-9H2. The third kappa shape index (κ3) is 2.89. The minimum absolute atomic E-state index is 0.522. The molecule has 0 spiro atoms. The largest absolute Gasteiger partial charge is 0.301 e. The van der Waals surface area contributed by atoms with Gasteiger partial charge in [0.25, 0.3) is 0 Å². The van der Waals surface area contributed by atoms with Gasteiger partial charge in [0.2, 0.25) is 0 Å². The molecule has 1 aliphatic rings. The SMILES string of the molecule is O=Cc1ccn(CCN2CCCCC2)n1. The van der Waals surface area contributed by atoms with Gasteiger partial charge in [0.1, 0.15) is 5.69 Å². The predicted octanol–water partition coefficient (Wildman–Crippen LogP) is 1.18. The zero-order valence-electron chi connectivity index (χ0n) is 8.93. The van der Waals surface area contributed by atoms with Crippen LogP contribution in [0.1, 0.15) is 29.8 Å². The number of piperidine rings is 1. The highest BCUT2D eigenvalue weighted by Crippen LogP contribution is 2.08. The van der Waals surface area contributed by atoms with E-state index in [0.29, 0.717) is 5.69 Å². The first-order valence-electron chi connectivity index (χ1n) is 5.59. The average molecular weight is 207 g/mol. The van der Waals surface area contributed by atoms with Crippen LogP contribution < -0.4 is 0 Å². The third-order valence-electron chi connectivity index (χ3n) is 2.88. The van der Waals surface area contributed by atoms with Crippen molar-refractivity contribution in [3.8, 4) is 0 Å². The van der Waals surface area contributed by atoms with E-state index in [1.165, 1.54) is 32.4 Å². The van der Waals surface area contributed by atoms with Gasteiger partial charge in [-0.1, -0.05) is 6.42 Å². The van der Waals surface area contributed by atoms with Crippen molar-refractivity contribution in [1.29, 1.82) is 0 Å². The lowest BCUT2D eigenvalue weighted by Crippen LogP contribution is -2.32. The van der Waals surface area contributed by atoms with E-state index in [0.717, 1.165) is 19.4 Å². The van der Waals surface area contributed by atoms with Crippen LogP contribution in [0.25, 0.3) is 0 Å². The number of hydrogen-bond acceptors (Lipinski definition) is 3. The molecule has 82 valence electrons. The van der Waals surface area contributed by atoms with Crippen LogP contribution in [-0.4, -0.2) is 40.6 Å². The van der Waals surface area contributed by atoms with Gasteiger partial charge < -0.3 is 4.90 Å². The van der Waals surface area contributed by atoms with Gasteiger partial charge in [-0.15, -0.1) is 0 Å². The molecule has 1 fully saturated rings. The first kappa shape index (κ1) is 10.4. The Morgan fingerprint density at radius 3 is 2.73 bits per heavy atom. The number of rotatable bonds is 4. The molecule has 0 amide bonds. The average Bonchev–Trinajstić information content (AvgIpc) is 2.76. The van der Waals surface area contributed by atoms with Crippen LogP contribution in [0.15, 0.2) is 12.3 Å². The van der Waals surface area contributed by atoms with Gasteiger partial charge in [-0.2, -0.15) is 5.10 Å². The van der Waals surface area contributed by atoms with Gasteiger partial charge >= 0.3 is 0 Å². The van der Waals surface area contributed by atoms with Crippen LogP contribution >= 0.6 is 0 Å². The van der Waals surface area contributed by atoms with Crippen LogP contribution in [0.3, 0.4) is 0 Å². The van der Waals surface area contributed by atoms with Crippen molar-refractivity contribution in [2.45, 2.75) is 25.8 Å². The topological polar surface area (TPSA) is 38.1 Å². The highest BCUT2D eigenvalue weighted by Gasteiger charge is 2.09. The van der Waals surface area contributed by atoms with Crippen molar-refractivity contribution < 1.29 is 4.79 Å². The van der Waals surface area contributed by atoms with E-state index in [1.807, 2.05) is 10.9 Å². The molecule has 1 aromatic rings. The van der Waals surface area contributed by atoms with Gasteiger partial charge in [0.05, 0.1) is 6.54 Å². The van der Waals surface area contributed by atoms with Gasteiger partial charge in [0.15, 0.2) is 6.29 Å². The van der Waals surface area contributed by atoms with E-state index in [2.05, 4.69) is 10.00 Å². The summed E-state index contributed by atoms with van der Waals surface area (Å²) in [6.07, 6.45) is 6.66. The maximum atomic E-state index is 10.4. The molecule has 0 N–H and O–H groups in total. The lowest BCUT2D eigenvalue weighted by atomic mass is 10.1. The highest BCUT2D eigenvalue weighted by molar-refractivity contribution is 5.71. The minimum atomic E-state index is 0.522. The van der Waals surface area contributed by atoms with Gasteiger partial charge in [-0.05, 0) is 32.0 Å². The fraction of sp³-hybridized carbons (Fsp3) is 0.636. The molecule has 4 heteroatoms. The van der Waals surface area contributed by atoms with Crippen molar-refractivity contribution in [2.75, 3.05) is 19.6 Å². The molecule has 15 heavy (non-hydrogen) atoms. The first-order chi connectivity index (χ1) is 7.38. The van der Waals surface area contributed by atoms with E-state index in [4.69, 9.17) is 0 Å².